The van der Waals surface area contributed by atoms with Crippen molar-refractivity contribution in [2.75, 3.05) is 0 Å². The van der Waals surface area contributed by atoms with Gasteiger partial charge in [-0.2, -0.15) is 4.98 Å². The van der Waals surface area contributed by atoms with E-state index in [9.17, 15) is 0 Å². The Bertz CT molecular complexity index is 291. The topological polar surface area (TPSA) is 59.2 Å². The Hall–Kier alpha value is -0.900. The lowest BCUT2D eigenvalue weighted by molar-refractivity contribution is 0.222. The maximum Gasteiger partial charge on any atom is 0.252 e. The van der Waals surface area contributed by atoms with Gasteiger partial charge in [0.25, 0.3) is 5.89 Å². The SMILES string of the molecule is OCc1nc(C2CCCCCCC2)no1. The summed E-state index contributed by atoms with van der Waals surface area (Å²) in [6.07, 6.45) is 8.83. The third kappa shape index (κ3) is 2.78. The van der Waals surface area contributed by atoms with Crippen LogP contribution < -0.4 is 0 Å². The third-order valence-corrected chi connectivity index (χ3v) is 3.09. The van der Waals surface area contributed by atoms with Crippen LogP contribution in [0.4, 0.5) is 0 Å². The van der Waals surface area contributed by atoms with Crippen molar-refractivity contribution in [2.24, 2.45) is 0 Å². The highest BCUT2D eigenvalue weighted by Crippen LogP contribution is 2.28. The van der Waals surface area contributed by atoms with Crippen molar-refractivity contribution >= 4 is 0 Å². The molecule has 1 aliphatic carbocycles. The van der Waals surface area contributed by atoms with E-state index >= 15 is 0 Å². The van der Waals surface area contributed by atoms with E-state index in [1.807, 2.05) is 0 Å². The predicted molar refractivity (Wildman–Crippen MR) is 55.3 cm³/mol. The van der Waals surface area contributed by atoms with Crippen molar-refractivity contribution in [3.8, 4) is 0 Å². The maximum atomic E-state index is 8.85. The second-order valence-electron chi connectivity index (χ2n) is 4.25. The molecule has 1 aromatic rings. The van der Waals surface area contributed by atoms with Crippen LogP contribution in [0.3, 0.4) is 0 Å². The fourth-order valence-electron chi connectivity index (χ4n) is 2.21. The summed E-state index contributed by atoms with van der Waals surface area (Å²) in [5.41, 5.74) is 0. The second-order valence-corrected chi connectivity index (χ2v) is 4.25. The van der Waals surface area contributed by atoms with Crippen molar-refractivity contribution in [1.82, 2.24) is 10.1 Å². The normalized spacial score (nSPS) is 19.8. The van der Waals surface area contributed by atoms with E-state index < -0.39 is 0 Å². The summed E-state index contributed by atoms with van der Waals surface area (Å²) in [6.45, 7) is -0.153. The second kappa shape index (κ2) is 5.26. The van der Waals surface area contributed by atoms with Gasteiger partial charge in [-0.05, 0) is 12.8 Å². The van der Waals surface area contributed by atoms with Crippen LogP contribution in [0.15, 0.2) is 4.52 Å². The number of aromatic nitrogens is 2. The van der Waals surface area contributed by atoms with Crippen molar-refractivity contribution < 1.29 is 9.63 Å². The molecule has 1 N–H and O–H groups in total. The quantitative estimate of drug-likeness (QED) is 0.814. The number of rotatable bonds is 2. The summed E-state index contributed by atoms with van der Waals surface area (Å²) in [4.78, 5) is 4.20. The van der Waals surface area contributed by atoms with Gasteiger partial charge >= 0.3 is 0 Å². The lowest BCUT2D eigenvalue weighted by Crippen LogP contribution is -2.04. The molecule has 1 aromatic heterocycles. The first-order valence-corrected chi connectivity index (χ1v) is 5.83. The average Bonchev–Trinajstić information content (AvgIpc) is 2.65. The van der Waals surface area contributed by atoms with E-state index in [4.69, 9.17) is 9.63 Å². The van der Waals surface area contributed by atoms with Crippen LogP contribution in [0, 0.1) is 0 Å². The molecule has 0 spiro atoms. The molecule has 0 bridgehead atoms. The lowest BCUT2D eigenvalue weighted by atomic mass is 9.91. The van der Waals surface area contributed by atoms with Gasteiger partial charge < -0.3 is 9.63 Å². The Morgan fingerprint density at radius 3 is 2.40 bits per heavy atom. The molecule has 4 nitrogen and oxygen atoms in total. The Morgan fingerprint density at radius 1 is 1.13 bits per heavy atom. The van der Waals surface area contributed by atoms with Gasteiger partial charge in [0.1, 0.15) is 6.61 Å². The zero-order valence-electron chi connectivity index (χ0n) is 8.98. The molecule has 0 radical (unpaired) electrons. The molecule has 2 rings (SSSR count). The molecular formula is C11H18N2O2. The maximum absolute atomic E-state index is 8.85. The molecule has 0 atom stereocenters. The molecule has 0 aromatic carbocycles. The Balaban J connectivity index is 2.00. The molecule has 4 heteroatoms. The van der Waals surface area contributed by atoms with E-state index in [0.717, 1.165) is 18.7 Å². The monoisotopic (exact) mass is 210 g/mol. The van der Waals surface area contributed by atoms with Crippen LogP contribution in [-0.2, 0) is 6.61 Å². The molecular weight excluding hydrogens is 192 g/mol. The summed E-state index contributed by atoms with van der Waals surface area (Å²) >= 11 is 0. The van der Waals surface area contributed by atoms with Gasteiger partial charge in [0, 0.05) is 5.92 Å². The summed E-state index contributed by atoms with van der Waals surface area (Å²) in [5, 5.41) is 12.8. The highest BCUT2D eigenvalue weighted by Gasteiger charge is 2.18. The van der Waals surface area contributed by atoms with E-state index in [0.29, 0.717) is 11.8 Å². The first kappa shape index (κ1) is 10.6. The minimum absolute atomic E-state index is 0.153. The van der Waals surface area contributed by atoms with Gasteiger partial charge in [-0.3, -0.25) is 0 Å². The lowest BCUT2D eigenvalue weighted by Gasteiger charge is -2.15. The molecule has 0 aliphatic heterocycles. The van der Waals surface area contributed by atoms with Gasteiger partial charge in [0.05, 0.1) is 0 Å². The van der Waals surface area contributed by atoms with Crippen LogP contribution in [-0.4, -0.2) is 15.2 Å². The van der Waals surface area contributed by atoms with E-state index in [2.05, 4.69) is 10.1 Å². The number of aliphatic hydroxyl groups excluding tert-OH is 1. The minimum Gasteiger partial charge on any atom is -0.387 e. The van der Waals surface area contributed by atoms with Crippen molar-refractivity contribution in [1.29, 1.82) is 0 Å². The van der Waals surface area contributed by atoms with E-state index in [1.165, 1.54) is 32.1 Å². The number of nitrogens with zero attached hydrogens (tertiary/aromatic N) is 2. The standard InChI is InChI=1S/C11H18N2O2/c14-8-10-12-11(13-15-10)9-6-4-2-1-3-5-7-9/h9,14H,1-8H2. The first-order valence-electron chi connectivity index (χ1n) is 5.83. The van der Waals surface area contributed by atoms with Gasteiger partial charge in [-0.25, -0.2) is 0 Å². The highest BCUT2D eigenvalue weighted by atomic mass is 16.5. The summed E-state index contributed by atoms with van der Waals surface area (Å²) in [7, 11) is 0. The van der Waals surface area contributed by atoms with Gasteiger partial charge in [-0.1, -0.05) is 37.3 Å². The fraction of sp³-hybridized carbons (Fsp3) is 0.818. The van der Waals surface area contributed by atoms with Crippen molar-refractivity contribution in [3.63, 3.8) is 0 Å². The number of aliphatic hydroxyl groups is 1. The molecule has 84 valence electrons. The van der Waals surface area contributed by atoms with Crippen LogP contribution >= 0.6 is 0 Å². The average molecular weight is 210 g/mol. The summed E-state index contributed by atoms with van der Waals surface area (Å²) in [5.74, 6) is 1.57. The summed E-state index contributed by atoms with van der Waals surface area (Å²) < 4.78 is 4.93. The zero-order valence-corrected chi connectivity index (χ0v) is 8.98. The van der Waals surface area contributed by atoms with E-state index in [-0.39, 0.29) is 6.61 Å². The summed E-state index contributed by atoms with van der Waals surface area (Å²) in [6, 6.07) is 0. The minimum atomic E-state index is -0.153. The number of hydrogen-bond donors (Lipinski definition) is 1. The molecule has 1 aliphatic rings. The smallest absolute Gasteiger partial charge is 0.252 e. The Morgan fingerprint density at radius 2 is 1.80 bits per heavy atom. The van der Waals surface area contributed by atoms with Crippen LogP contribution in [0.1, 0.15) is 62.6 Å². The van der Waals surface area contributed by atoms with Crippen LogP contribution in [0.2, 0.25) is 0 Å². The molecule has 1 saturated carbocycles. The Kier molecular flexibility index (Phi) is 3.72. The molecule has 0 saturated heterocycles. The third-order valence-electron chi connectivity index (χ3n) is 3.09. The van der Waals surface area contributed by atoms with Gasteiger partial charge in [0.15, 0.2) is 5.82 Å². The van der Waals surface area contributed by atoms with Crippen molar-refractivity contribution in [2.45, 2.75) is 57.5 Å². The molecule has 1 fully saturated rings. The van der Waals surface area contributed by atoms with E-state index in [1.54, 1.807) is 0 Å². The highest BCUT2D eigenvalue weighted by molar-refractivity contribution is 4.95. The zero-order chi connectivity index (χ0) is 10.5. The Labute approximate surface area is 89.7 Å². The largest absolute Gasteiger partial charge is 0.387 e. The fourth-order valence-corrected chi connectivity index (χ4v) is 2.21. The molecule has 0 amide bonds. The van der Waals surface area contributed by atoms with Gasteiger partial charge in [0.2, 0.25) is 0 Å². The molecule has 15 heavy (non-hydrogen) atoms. The van der Waals surface area contributed by atoms with Crippen LogP contribution in [0.25, 0.3) is 0 Å². The van der Waals surface area contributed by atoms with Crippen LogP contribution in [0.5, 0.6) is 0 Å². The van der Waals surface area contributed by atoms with Crippen molar-refractivity contribution in [3.05, 3.63) is 11.7 Å². The predicted octanol–water partition coefficient (Wildman–Crippen LogP) is 2.39. The number of hydrogen-bond acceptors (Lipinski definition) is 4. The molecule has 1 heterocycles. The molecule has 0 unspecified atom stereocenters. The van der Waals surface area contributed by atoms with Gasteiger partial charge in [-0.15, -0.1) is 0 Å². The first-order chi connectivity index (χ1) is 7.40.